The fourth-order valence-electron chi connectivity index (χ4n) is 9.91. The van der Waals surface area contributed by atoms with Gasteiger partial charge in [0.05, 0.1) is 37.2 Å². The van der Waals surface area contributed by atoms with Gasteiger partial charge in [0, 0.05) is 54.7 Å². The lowest BCUT2D eigenvalue weighted by Gasteiger charge is -2.44. The molecule has 4 aliphatic rings. The minimum Gasteiger partial charge on any atom is -0.464 e. The third-order valence-electron chi connectivity index (χ3n) is 13.4. The van der Waals surface area contributed by atoms with Crippen molar-refractivity contribution in [3.8, 4) is 22.4 Å². The van der Waals surface area contributed by atoms with Crippen molar-refractivity contribution in [2.45, 2.75) is 104 Å². The number of amides is 4. The van der Waals surface area contributed by atoms with Gasteiger partial charge in [-0.1, -0.05) is 64.6 Å². The Labute approximate surface area is 380 Å². The topological polar surface area (TPSA) is 165 Å². The second-order valence-corrected chi connectivity index (χ2v) is 19.0. The monoisotopic (exact) mass is 887 g/mol. The lowest BCUT2D eigenvalue weighted by molar-refractivity contribution is -0.163. The van der Waals surface area contributed by atoms with E-state index >= 15 is 0 Å². The number of hydrogen-bond acceptors (Lipinski definition) is 10. The number of likely N-dealkylation sites (tertiary alicyclic amines) is 1. The summed E-state index contributed by atoms with van der Waals surface area (Å²) in [6, 6.07) is 15.7. The normalized spacial score (nSPS) is 21.8. The summed E-state index contributed by atoms with van der Waals surface area (Å²) in [4.78, 5) is 77.0. The molecule has 8 rings (SSSR count). The zero-order chi connectivity index (χ0) is 46.4. The standard InChI is InChI=1S/C50H61N7O8/c1-9-41(58)54-26-50(27-54)48(62)56(29-65-50)43(30(3)4)45(59)52-39-23-32-14-11-15-33(22-32)34-18-19-40-36(24-34)37(44(55(40)10-2)35-16-12-20-51-42(35)31(5)63-8)25-49(6,7)28-64-47(61)38-17-13-21-57(53-38)46(39)60/h9,11-12,14-16,18-20,22,24,30-31,38-39,43,53H,1,10,13,17,21,23,25-29H2,2-8H3,(H,52,59)/t31-,38-,39-,43-/m0/s1. The number of esters is 1. The van der Waals surface area contributed by atoms with Gasteiger partial charge in [-0.15, -0.1) is 0 Å². The number of hydrogen-bond donors (Lipinski definition) is 2. The number of pyridine rings is 1. The van der Waals surface area contributed by atoms with Gasteiger partial charge < -0.3 is 33.9 Å². The average Bonchev–Trinajstić information content (AvgIpc) is 3.79. The number of cyclic esters (lactones) is 1. The summed E-state index contributed by atoms with van der Waals surface area (Å²) in [5.41, 5.74) is 9.16. The second kappa shape index (κ2) is 18.2. The van der Waals surface area contributed by atoms with Crippen LogP contribution in [0.25, 0.3) is 33.3 Å². The highest BCUT2D eigenvalue weighted by Crippen LogP contribution is 2.42. The lowest BCUT2D eigenvalue weighted by Crippen LogP contribution is -2.68. The molecule has 344 valence electrons. The molecule has 3 fully saturated rings. The summed E-state index contributed by atoms with van der Waals surface area (Å²) in [7, 11) is 1.69. The first-order valence-corrected chi connectivity index (χ1v) is 22.7. The maximum absolute atomic E-state index is 14.7. The number of ether oxygens (including phenoxy) is 3. The van der Waals surface area contributed by atoms with Gasteiger partial charge >= 0.3 is 5.97 Å². The molecule has 0 radical (unpaired) electrons. The number of carbonyl (C=O) groups excluding carboxylic acids is 5. The summed E-state index contributed by atoms with van der Waals surface area (Å²) in [5, 5.41) is 5.53. The third kappa shape index (κ3) is 8.68. The van der Waals surface area contributed by atoms with E-state index in [9.17, 15) is 24.0 Å². The number of nitrogens with zero attached hydrogens (tertiary/aromatic N) is 5. The first-order valence-electron chi connectivity index (χ1n) is 22.7. The van der Waals surface area contributed by atoms with Crippen molar-refractivity contribution in [2.24, 2.45) is 11.3 Å². The Bertz CT molecular complexity index is 2520. The van der Waals surface area contributed by atoms with Gasteiger partial charge in [0.1, 0.15) is 24.9 Å². The van der Waals surface area contributed by atoms with E-state index in [-0.39, 0.29) is 56.7 Å². The Morgan fingerprint density at radius 3 is 2.55 bits per heavy atom. The van der Waals surface area contributed by atoms with Crippen LogP contribution in [0.2, 0.25) is 0 Å². The van der Waals surface area contributed by atoms with Gasteiger partial charge in [-0.05, 0) is 91.6 Å². The number of aromatic nitrogens is 2. The van der Waals surface area contributed by atoms with Crippen LogP contribution in [0.4, 0.5) is 0 Å². The molecule has 6 bridgehead atoms. The molecule has 2 aromatic heterocycles. The molecule has 15 nitrogen and oxygen atoms in total. The van der Waals surface area contributed by atoms with E-state index in [2.05, 4.69) is 73.0 Å². The Morgan fingerprint density at radius 2 is 1.83 bits per heavy atom. The molecule has 4 aliphatic heterocycles. The molecular weight excluding hydrogens is 827 g/mol. The van der Waals surface area contributed by atoms with Crippen LogP contribution in [0.1, 0.15) is 77.3 Å². The van der Waals surface area contributed by atoms with Gasteiger partial charge in [-0.2, -0.15) is 0 Å². The molecule has 65 heavy (non-hydrogen) atoms. The van der Waals surface area contributed by atoms with Gasteiger partial charge in [0.15, 0.2) is 5.60 Å². The van der Waals surface area contributed by atoms with Crippen LogP contribution in [0.15, 0.2) is 73.4 Å². The van der Waals surface area contributed by atoms with E-state index in [4.69, 9.17) is 19.2 Å². The van der Waals surface area contributed by atoms with E-state index in [1.165, 1.54) is 20.9 Å². The largest absolute Gasteiger partial charge is 0.464 e. The first kappa shape index (κ1) is 45.7. The van der Waals surface area contributed by atoms with E-state index in [0.717, 1.165) is 50.1 Å². The molecule has 15 heteroatoms. The van der Waals surface area contributed by atoms with E-state index in [1.807, 2.05) is 45.0 Å². The van der Waals surface area contributed by atoms with Crippen molar-refractivity contribution in [1.82, 2.24) is 35.1 Å². The molecule has 6 heterocycles. The maximum atomic E-state index is 14.7. The summed E-state index contributed by atoms with van der Waals surface area (Å²) in [5.74, 6) is -2.42. The maximum Gasteiger partial charge on any atom is 0.324 e. The summed E-state index contributed by atoms with van der Waals surface area (Å²) in [6.45, 7) is 16.7. The molecule has 1 spiro atoms. The van der Waals surface area contributed by atoms with Crippen LogP contribution >= 0.6 is 0 Å². The van der Waals surface area contributed by atoms with Crippen molar-refractivity contribution in [3.63, 3.8) is 0 Å². The van der Waals surface area contributed by atoms with Crippen LogP contribution in [0.3, 0.4) is 0 Å². The fourth-order valence-corrected chi connectivity index (χ4v) is 9.91. The van der Waals surface area contributed by atoms with Crippen LogP contribution in [-0.2, 0) is 57.6 Å². The minimum absolute atomic E-state index is 0.0672. The summed E-state index contributed by atoms with van der Waals surface area (Å²) in [6.07, 6.45) is 4.44. The smallest absolute Gasteiger partial charge is 0.324 e. The molecule has 3 saturated heterocycles. The molecule has 4 aromatic rings. The van der Waals surface area contributed by atoms with Gasteiger partial charge in [0.2, 0.25) is 11.8 Å². The lowest BCUT2D eigenvalue weighted by atomic mass is 9.84. The molecule has 2 aromatic carbocycles. The van der Waals surface area contributed by atoms with E-state index in [1.54, 1.807) is 13.3 Å². The molecule has 4 atom stereocenters. The number of methoxy groups -OCH3 is 1. The minimum atomic E-state index is -1.23. The number of fused-ring (bicyclic) bond motifs is 6. The molecular formula is C50H61N7O8. The van der Waals surface area contributed by atoms with Crippen LogP contribution < -0.4 is 10.7 Å². The molecule has 0 aliphatic carbocycles. The number of hydrazine groups is 1. The Morgan fingerprint density at radius 1 is 1.06 bits per heavy atom. The Kier molecular flexibility index (Phi) is 12.8. The second-order valence-electron chi connectivity index (χ2n) is 19.0. The van der Waals surface area contributed by atoms with Crippen LogP contribution in [-0.4, -0.2) is 118 Å². The average molecular weight is 888 g/mol. The number of nitrogens with one attached hydrogen (secondary N) is 2. The SMILES string of the molecule is C=CC(=O)N1CC2(C1)OCN([C@H](C(=O)N[C@H]1Cc3cccc(c3)-c3ccc4c(c3)c(c(-c3cccnc3[C@H](C)OC)n4CC)CC(C)(C)COC(=O)[C@@H]3CCCN(N3)C1=O)C(C)C)C2=O. The van der Waals surface area contributed by atoms with Gasteiger partial charge in [-0.3, -0.25) is 34.0 Å². The highest BCUT2D eigenvalue weighted by Gasteiger charge is 2.59. The van der Waals surface area contributed by atoms with Crippen molar-refractivity contribution in [2.75, 3.05) is 40.1 Å². The number of rotatable bonds is 9. The summed E-state index contributed by atoms with van der Waals surface area (Å²) < 4.78 is 20.3. The van der Waals surface area contributed by atoms with Crippen LogP contribution in [0, 0.1) is 11.3 Å². The van der Waals surface area contributed by atoms with Gasteiger partial charge in [-0.25, -0.2) is 5.43 Å². The van der Waals surface area contributed by atoms with E-state index < -0.39 is 46.9 Å². The molecule has 0 unspecified atom stereocenters. The quantitative estimate of drug-likeness (QED) is 0.165. The van der Waals surface area contributed by atoms with Crippen LogP contribution in [0.5, 0.6) is 0 Å². The zero-order valence-corrected chi connectivity index (χ0v) is 38.5. The van der Waals surface area contributed by atoms with Crippen molar-refractivity contribution in [3.05, 3.63) is 90.3 Å². The van der Waals surface area contributed by atoms with Crippen molar-refractivity contribution < 1.29 is 38.2 Å². The molecule has 2 N–H and O–H groups in total. The highest BCUT2D eigenvalue weighted by molar-refractivity contribution is 5.98. The molecule has 0 saturated carbocycles. The summed E-state index contributed by atoms with van der Waals surface area (Å²) >= 11 is 0. The van der Waals surface area contributed by atoms with Gasteiger partial charge in [0.25, 0.3) is 11.8 Å². The number of benzene rings is 2. The predicted molar refractivity (Wildman–Crippen MR) is 245 cm³/mol. The third-order valence-corrected chi connectivity index (χ3v) is 13.4. The number of carbonyl (C=O) groups is 5. The number of aryl methyl sites for hydroxylation is 1. The molecule has 4 amide bonds. The predicted octanol–water partition coefficient (Wildman–Crippen LogP) is 5.35. The van der Waals surface area contributed by atoms with E-state index in [0.29, 0.717) is 32.4 Å². The highest BCUT2D eigenvalue weighted by atomic mass is 16.5. The van der Waals surface area contributed by atoms with Crippen molar-refractivity contribution in [1.29, 1.82) is 0 Å². The first-order chi connectivity index (χ1) is 31.1. The Hall–Kier alpha value is -5.90. The zero-order valence-electron chi connectivity index (χ0n) is 38.5. The van der Waals surface area contributed by atoms with Crippen molar-refractivity contribution >= 4 is 40.5 Å². The Balaban J connectivity index is 1.18. The fraction of sp³-hybridized carbons (Fsp3) is 0.480.